The van der Waals surface area contributed by atoms with Crippen LogP contribution in [0.5, 0.6) is 0 Å². The molecule has 2 aromatic heterocycles. The maximum Gasteiger partial charge on any atom is 0.179 e. The Morgan fingerprint density at radius 1 is 1.22 bits per heavy atom. The van der Waals surface area contributed by atoms with Crippen LogP contribution in [0.4, 0.5) is 5.69 Å². The third kappa shape index (κ3) is 2.04. The fourth-order valence-corrected chi connectivity index (χ4v) is 3.50. The first-order valence-corrected chi connectivity index (χ1v) is 6.98. The fourth-order valence-electron chi connectivity index (χ4n) is 1.66. The van der Waals surface area contributed by atoms with E-state index in [1.807, 2.05) is 31.2 Å². The van der Waals surface area contributed by atoms with Crippen molar-refractivity contribution in [3.05, 3.63) is 35.5 Å². The number of rotatable bonds is 2. The third-order valence-corrected chi connectivity index (χ3v) is 4.46. The standard InChI is InChI=1S/C12H10N4S2/c1-7-15-16-12(17-7)18-10-5-4-9-8(11(10)13)3-2-6-14-9/h2-6H,13H2,1H3. The first kappa shape index (κ1) is 11.4. The summed E-state index contributed by atoms with van der Waals surface area (Å²) in [5.74, 6) is 0. The minimum Gasteiger partial charge on any atom is -0.397 e. The van der Waals surface area contributed by atoms with E-state index in [-0.39, 0.29) is 0 Å². The number of anilines is 1. The summed E-state index contributed by atoms with van der Waals surface area (Å²) in [5, 5.41) is 10.0. The Kier molecular flexibility index (Phi) is 2.89. The van der Waals surface area contributed by atoms with E-state index in [9.17, 15) is 0 Å². The number of benzene rings is 1. The summed E-state index contributed by atoms with van der Waals surface area (Å²) in [7, 11) is 0. The van der Waals surface area contributed by atoms with Gasteiger partial charge >= 0.3 is 0 Å². The van der Waals surface area contributed by atoms with E-state index in [1.54, 1.807) is 29.3 Å². The molecule has 90 valence electrons. The molecular weight excluding hydrogens is 264 g/mol. The van der Waals surface area contributed by atoms with Gasteiger partial charge in [-0.25, -0.2) is 0 Å². The van der Waals surface area contributed by atoms with Crippen molar-refractivity contribution < 1.29 is 0 Å². The lowest BCUT2D eigenvalue weighted by molar-refractivity contribution is 0.984. The number of hydrogen-bond donors (Lipinski definition) is 1. The van der Waals surface area contributed by atoms with Crippen molar-refractivity contribution in [2.24, 2.45) is 0 Å². The van der Waals surface area contributed by atoms with Crippen LogP contribution in [-0.4, -0.2) is 15.2 Å². The quantitative estimate of drug-likeness (QED) is 0.727. The molecule has 0 unspecified atom stereocenters. The van der Waals surface area contributed by atoms with Crippen molar-refractivity contribution in [3.8, 4) is 0 Å². The van der Waals surface area contributed by atoms with Gasteiger partial charge in [-0.1, -0.05) is 23.1 Å². The molecule has 0 spiro atoms. The Hall–Kier alpha value is -1.66. The first-order chi connectivity index (χ1) is 8.74. The van der Waals surface area contributed by atoms with Crippen molar-refractivity contribution >= 4 is 39.7 Å². The molecule has 0 radical (unpaired) electrons. The summed E-state index contributed by atoms with van der Waals surface area (Å²) in [6.07, 6.45) is 1.77. The topological polar surface area (TPSA) is 64.7 Å². The molecule has 0 aliphatic heterocycles. The number of hydrogen-bond acceptors (Lipinski definition) is 6. The lowest BCUT2D eigenvalue weighted by Gasteiger charge is -2.06. The molecule has 2 N–H and O–H groups in total. The molecule has 0 bridgehead atoms. The van der Waals surface area contributed by atoms with Crippen molar-refractivity contribution in [1.29, 1.82) is 0 Å². The van der Waals surface area contributed by atoms with E-state index in [0.29, 0.717) is 0 Å². The van der Waals surface area contributed by atoms with Crippen molar-refractivity contribution in [2.45, 2.75) is 16.2 Å². The van der Waals surface area contributed by atoms with Crippen molar-refractivity contribution in [1.82, 2.24) is 15.2 Å². The number of pyridine rings is 1. The zero-order chi connectivity index (χ0) is 12.5. The number of fused-ring (bicyclic) bond motifs is 1. The smallest absolute Gasteiger partial charge is 0.179 e. The molecule has 0 saturated carbocycles. The SMILES string of the molecule is Cc1nnc(Sc2ccc3ncccc3c2N)s1. The maximum atomic E-state index is 6.17. The highest BCUT2D eigenvalue weighted by molar-refractivity contribution is 8.01. The first-order valence-electron chi connectivity index (χ1n) is 5.35. The maximum absolute atomic E-state index is 6.17. The van der Waals surface area contributed by atoms with Crippen LogP contribution < -0.4 is 5.73 Å². The van der Waals surface area contributed by atoms with Gasteiger partial charge in [0.1, 0.15) is 5.01 Å². The predicted octanol–water partition coefficient (Wildman–Crippen LogP) is 3.13. The largest absolute Gasteiger partial charge is 0.397 e. The highest BCUT2D eigenvalue weighted by Crippen LogP contribution is 2.36. The number of aromatic nitrogens is 3. The molecule has 0 fully saturated rings. The van der Waals surface area contributed by atoms with Crippen LogP contribution >= 0.6 is 23.1 Å². The summed E-state index contributed by atoms with van der Waals surface area (Å²) in [6.45, 7) is 1.94. The average molecular weight is 274 g/mol. The van der Waals surface area contributed by atoms with Gasteiger partial charge < -0.3 is 5.73 Å². The summed E-state index contributed by atoms with van der Waals surface area (Å²) in [4.78, 5) is 5.27. The Balaban J connectivity index is 2.04. The van der Waals surface area contributed by atoms with E-state index >= 15 is 0 Å². The summed E-state index contributed by atoms with van der Waals surface area (Å²) in [5.41, 5.74) is 7.83. The molecule has 18 heavy (non-hydrogen) atoms. The number of nitrogen functional groups attached to an aromatic ring is 1. The molecule has 2 heterocycles. The molecule has 4 nitrogen and oxygen atoms in total. The van der Waals surface area contributed by atoms with Gasteiger partial charge in [-0.05, 0) is 31.2 Å². The van der Waals surface area contributed by atoms with Crippen LogP contribution in [0.3, 0.4) is 0 Å². The summed E-state index contributed by atoms with van der Waals surface area (Å²) >= 11 is 3.11. The zero-order valence-electron chi connectivity index (χ0n) is 9.62. The van der Waals surface area contributed by atoms with Gasteiger partial charge in [-0.3, -0.25) is 4.98 Å². The van der Waals surface area contributed by atoms with Gasteiger partial charge in [0.15, 0.2) is 4.34 Å². The molecule has 0 aliphatic rings. The fraction of sp³-hybridized carbons (Fsp3) is 0.0833. The van der Waals surface area contributed by atoms with Crippen LogP contribution in [0.15, 0.2) is 39.7 Å². The third-order valence-electron chi connectivity index (χ3n) is 2.49. The average Bonchev–Trinajstić information content (AvgIpc) is 2.79. The van der Waals surface area contributed by atoms with Gasteiger partial charge in [-0.15, -0.1) is 10.2 Å². The Labute approximate surface area is 112 Å². The molecule has 3 aromatic rings. The number of nitrogens with two attached hydrogens (primary N) is 1. The lowest BCUT2D eigenvalue weighted by Crippen LogP contribution is -1.91. The van der Waals surface area contributed by atoms with E-state index in [1.165, 1.54) is 0 Å². The molecule has 0 aliphatic carbocycles. The Bertz CT molecular complexity index is 708. The monoisotopic (exact) mass is 274 g/mol. The highest BCUT2D eigenvalue weighted by atomic mass is 32.2. The zero-order valence-corrected chi connectivity index (χ0v) is 11.3. The van der Waals surface area contributed by atoms with E-state index in [2.05, 4.69) is 15.2 Å². The predicted molar refractivity (Wildman–Crippen MR) is 74.9 cm³/mol. The molecule has 0 amide bonds. The molecule has 3 rings (SSSR count). The van der Waals surface area contributed by atoms with Gasteiger partial charge in [0, 0.05) is 16.5 Å². The molecule has 1 aromatic carbocycles. The second-order valence-corrected chi connectivity index (χ2v) is 6.21. The molecule has 0 saturated heterocycles. The van der Waals surface area contributed by atoms with Crippen molar-refractivity contribution in [3.63, 3.8) is 0 Å². The normalized spacial score (nSPS) is 10.9. The van der Waals surface area contributed by atoms with Crippen LogP contribution in [0.1, 0.15) is 5.01 Å². The highest BCUT2D eigenvalue weighted by Gasteiger charge is 2.09. The summed E-state index contributed by atoms with van der Waals surface area (Å²) < 4.78 is 0.905. The molecule has 0 atom stereocenters. The second-order valence-electron chi connectivity index (χ2n) is 3.74. The second kappa shape index (κ2) is 4.55. The summed E-state index contributed by atoms with van der Waals surface area (Å²) in [6, 6.07) is 7.82. The number of aryl methyl sites for hydroxylation is 1. The number of nitrogens with zero attached hydrogens (tertiary/aromatic N) is 3. The Morgan fingerprint density at radius 3 is 2.89 bits per heavy atom. The van der Waals surface area contributed by atoms with Crippen molar-refractivity contribution in [2.75, 3.05) is 5.73 Å². The Morgan fingerprint density at radius 2 is 2.11 bits per heavy atom. The minimum atomic E-state index is 0.749. The van der Waals surface area contributed by atoms with Crippen LogP contribution in [0.25, 0.3) is 10.9 Å². The molecule has 6 heteroatoms. The van der Waals surface area contributed by atoms with Gasteiger partial charge in [0.05, 0.1) is 11.2 Å². The van der Waals surface area contributed by atoms with E-state index < -0.39 is 0 Å². The van der Waals surface area contributed by atoms with Gasteiger partial charge in [0.2, 0.25) is 0 Å². The van der Waals surface area contributed by atoms with Crippen LogP contribution in [0.2, 0.25) is 0 Å². The van der Waals surface area contributed by atoms with Gasteiger partial charge in [0.25, 0.3) is 0 Å². The minimum absolute atomic E-state index is 0.749. The van der Waals surface area contributed by atoms with E-state index in [4.69, 9.17) is 5.73 Å². The van der Waals surface area contributed by atoms with Crippen LogP contribution in [-0.2, 0) is 0 Å². The molecular formula is C12H10N4S2. The van der Waals surface area contributed by atoms with Gasteiger partial charge in [-0.2, -0.15) is 0 Å². The van der Waals surface area contributed by atoms with Crippen LogP contribution in [0, 0.1) is 6.92 Å². The van der Waals surface area contributed by atoms with E-state index in [0.717, 1.165) is 30.8 Å². The lowest BCUT2D eigenvalue weighted by atomic mass is 10.2.